The van der Waals surface area contributed by atoms with Crippen LogP contribution in [0.1, 0.15) is 50.3 Å². The second kappa shape index (κ2) is 9.74. The second-order valence-corrected chi connectivity index (χ2v) is 10.3. The van der Waals surface area contributed by atoms with Gasteiger partial charge in [-0.1, -0.05) is 6.92 Å². The summed E-state index contributed by atoms with van der Waals surface area (Å²) in [5.41, 5.74) is 13.0. The number of carbonyl (C=O) groups is 2. The number of aryl methyl sites for hydroxylation is 1. The molecule has 0 atom stereocenters. The molecule has 4 aromatic rings. The largest absolute Gasteiger partial charge is 0.493 e. The number of benzene rings is 2. The third kappa shape index (κ3) is 4.28. The van der Waals surface area contributed by atoms with E-state index in [9.17, 15) is 9.59 Å². The van der Waals surface area contributed by atoms with Crippen molar-refractivity contribution in [2.24, 2.45) is 5.73 Å². The minimum absolute atomic E-state index is 0.151. The Morgan fingerprint density at radius 2 is 1.79 bits per heavy atom. The minimum Gasteiger partial charge on any atom is -0.493 e. The highest BCUT2D eigenvalue weighted by atomic mass is 16.5. The number of rotatable bonds is 7. The number of carbonyl (C=O) groups excluding carboxylic acids is 2. The van der Waals surface area contributed by atoms with Crippen LogP contribution in [0.25, 0.3) is 11.4 Å². The highest BCUT2D eigenvalue weighted by Gasteiger charge is 2.35. The normalized spacial score (nSPS) is 14.5. The number of aromatic nitrogens is 3. The molecule has 2 aliphatic rings. The highest BCUT2D eigenvalue weighted by molar-refractivity contribution is 6.09. The fraction of sp³-hybridized carbons (Fsp3) is 0.300. The summed E-state index contributed by atoms with van der Waals surface area (Å²) < 4.78 is 9.41. The monoisotopic (exact) mass is 524 g/mol. The Bertz CT molecular complexity index is 1580. The van der Waals surface area contributed by atoms with Gasteiger partial charge in [0, 0.05) is 48.3 Å². The number of hydrogen-bond donors (Lipinski definition) is 1. The summed E-state index contributed by atoms with van der Waals surface area (Å²) in [4.78, 5) is 30.1. The van der Waals surface area contributed by atoms with E-state index in [0.29, 0.717) is 36.5 Å². The fourth-order valence-electron chi connectivity index (χ4n) is 5.64. The number of nitrogens with zero attached hydrogens (tertiary/aromatic N) is 5. The van der Waals surface area contributed by atoms with E-state index in [1.54, 1.807) is 9.58 Å². The third-order valence-electron chi connectivity index (χ3n) is 7.54. The number of fused-ring (bicyclic) bond motifs is 2. The van der Waals surface area contributed by atoms with Crippen LogP contribution in [0.3, 0.4) is 0 Å². The van der Waals surface area contributed by atoms with E-state index in [1.807, 2.05) is 42.5 Å². The molecule has 2 aromatic carbocycles. The van der Waals surface area contributed by atoms with Crippen LogP contribution < -0.4 is 15.4 Å². The Morgan fingerprint density at radius 1 is 1.05 bits per heavy atom. The van der Waals surface area contributed by atoms with Gasteiger partial charge in [0.2, 0.25) is 0 Å². The molecule has 0 unspecified atom stereocenters. The second-order valence-electron chi connectivity index (χ2n) is 10.3. The van der Waals surface area contributed by atoms with Gasteiger partial charge in [-0.05, 0) is 86.6 Å². The van der Waals surface area contributed by atoms with Gasteiger partial charge in [0.1, 0.15) is 11.4 Å². The molecule has 6 rings (SSSR count). The molecule has 0 fully saturated rings. The SMILES string of the molecule is CCc1ccn(-c2ccc(N3CCc4c(C(N)=O)nn(-c5ccc6c(c5)CCO6)c4C3=O)cc2)c1CN(C)C. The number of ether oxygens (including phenoxy) is 1. The summed E-state index contributed by atoms with van der Waals surface area (Å²) in [6.45, 7) is 4.07. The number of amides is 2. The molecule has 9 heteroatoms. The van der Waals surface area contributed by atoms with Crippen molar-refractivity contribution in [1.29, 1.82) is 0 Å². The van der Waals surface area contributed by atoms with Crippen LogP contribution in [0.15, 0.2) is 54.7 Å². The predicted octanol–water partition coefficient (Wildman–Crippen LogP) is 3.52. The van der Waals surface area contributed by atoms with E-state index >= 15 is 0 Å². The first-order chi connectivity index (χ1) is 18.9. The van der Waals surface area contributed by atoms with Crippen LogP contribution in [0.2, 0.25) is 0 Å². The summed E-state index contributed by atoms with van der Waals surface area (Å²) in [5, 5.41) is 4.51. The van der Waals surface area contributed by atoms with E-state index in [2.05, 4.69) is 47.8 Å². The first-order valence-corrected chi connectivity index (χ1v) is 13.3. The van der Waals surface area contributed by atoms with Gasteiger partial charge in [-0.3, -0.25) is 9.59 Å². The van der Waals surface area contributed by atoms with Crippen LogP contribution >= 0.6 is 0 Å². The molecule has 0 aliphatic carbocycles. The molecule has 2 N–H and O–H groups in total. The Morgan fingerprint density at radius 3 is 2.51 bits per heavy atom. The van der Waals surface area contributed by atoms with E-state index in [1.165, 1.54) is 11.3 Å². The van der Waals surface area contributed by atoms with Crippen LogP contribution in [0, 0.1) is 0 Å². The van der Waals surface area contributed by atoms with E-state index in [0.717, 1.165) is 42.1 Å². The van der Waals surface area contributed by atoms with Crippen LogP contribution in [0.4, 0.5) is 5.69 Å². The summed E-state index contributed by atoms with van der Waals surface area (Å²) >= 11 is 0. The van der Waals surface area contributed by atoms with E-state index in [-0.39, 0.29) is 11.6 Å². The molecule has 0 bridgehead atoms. The Labute approximate surface area is 227 Å². The molecule has 9 nitrogen and oxygen atoms in total. The molecule has 2 amide bonds. The molecule has 0 saturated heterocycles. The Balaban J connectivity index is 1.35. The van der Waals surface area contributed by atoms with Crippen molar-refractivity contribution in [3.8, 4) is 17.1 Å². The fourth-order valence-corrected chi connectivity index (χ4v) is 5.64. The Hall–Kier alpha value is -4.37. The van der Waals surface area contributed by atoms with Gasteiger partial charge < -0.3 is 24.8 Å². The average Bonchev–Trinajstić information content (AvgIpc) is 3.65. The summed E-state index contributed by atoms with van der Waals surface area (Å²) in [7, 11) is 4.14. The maximum absolute atomic E-state index is 13.9. The number of hydrogen-bond acceptors (Lipinski definition) is 5. The zero-order chi connectivity index (χ0) is 27.3. The zero-order valence-electron chi connectivity index (χ0n) is 22.5. The minimum atomic E-state index is -0.633. The molecule has 0 spiro atoms. The van der Waals surface area contributed by atoms with Gasteiger partial charge in [-0.15, -0.1) is 0 Å². The maximum Gasteiger partial charge on any atom is 0.277 e. The smallest absolute Gasteiger partial charge is 0.277 e. The summed E-state index contributed by atoms with van der Waals surface area (Å²) in [5.74, 6) is 0.000467. The molecule has 200 valence electrons. The lowest BCUT2D eigenvalue weighted by Gasteiger charge is -2.28. The summed E-state index contributed by atoms with van der Waals surface area (Å²) in [6.07, 6.45) is 4.35. The van der Waals surface area contributed by atoms with Gasteiger partial charge in [-0.25, -0.2) is 4.68 Å². The lowest BCUT2D eigenvalue weighted by atomic mass is 10.0. The predicted molar refractivity (Wildman–Crippen MR) is 149 cm³/mol. The first-order valence-electron chi connectivity index (χ1n) is 13.3. The van der Waals surface area contributed by atoms with Gasteiger partial charge in [-0.2, -0.15) is 5.10 Å². The summed E-state index contributed by atoms with van der Waals surface area (Å²) in [6, 6.07) is 15.9. The lowest BCUT2D eigenvalue weighted by molar-refractivity contribution is 0.0972. The molecular formula is C30H32N6O3. The van der Waals surface area contributed by atoms with Crippen molar-refractivity contribution >= 4 is 17.5 Å². The van der Waals surface area contributed by atoms with Gasteiger partial charge >= 0.3 is 0 Å². The van der Waals surface area contributed by atoms with Crippen molar-refractivity contribution in [2.75, 3.05) is 32.1 Å². The number of nitrogens with two attached hydrogens (primary N) is 1. The first kappa shape index (κ1) is 24.9. The van der Waals surface area contributed by atoms with Crippen molar-refractivity contribution in [2.45, 2.75) is 32.7 Å². The lowest BCUT2D eigenvalue weighted by Crippen LogP contribution is -2.39. The topological polar surface area (TPSA) is 98.6 Å². The van der Waals surface area contributed by atoms with Crippen LogP contribution in [-0.4, -0.2) is 58.3 Å². The van der Waals surface area contributed by atoms with E-state index < -0.39 is 5.91 Å². The molecule has 0 saturated carbocycles. The molecule has 2 aliphatic heterocycles. The van der Waals surface area contributed by atoms with Gasteiger partial charge in [0.25, 0.3) is 11.8 Å². The van der Waals surface area contributed by atoms with Crippen LogP contribution in [0.5, 0.6) is 5.75 Å². The standard InChI is InChI=1S/C30H32N6O3/c1-4-19-11-14-34(25(19)18-33(2)3)21-5-7-22(8-6-21)35-15-12-24-27(29(31)37)32-36(28(24)30(35)38)23-9-10-26-20(17-23)13-16-39-26/h5-11,14,17H,4,12-13,15-16,18H2,1-3H3,(H2,31,37). The maximum atomic E-state index is 13.9. The Kier molecular flexibility index (Phi) is 6.23. The van der Waals surface area contributed by atoms with Crippen molar-refractivity contribution in [3.05, 3.63) is 88.5 Å². The molecular weight excluding hydrogens is 492 g/mol. The number of anilines is 1. The molecule has 0 radical (unpaired) electrons. The number of primary amides is 1. The molecule has 39 heavy (non-hydrogen) atoms. The molecule has 4 heterocycles. The quantitative estimate of drug-likeness (QED) is 0.399. The van der Waals surface area contributed by atoms with Gasteiger partial charge in [0.15, 0.2) is 5.69 Å². The van der Waals surface area contributed by atoms with Crippen LogP contribution in [-0.2, 0) is 25.8 Å². The van der Waals surface area contributed by atoms with E-state index in [4.69, 9.17) is 10.5 Å². The van der Waals surface area contributed by atoms with Crippen molar-refractivity contribution in [1.82, 2.24) is 19.2 Å². The zero-order valence-corrected chi connectivity index (χ0v) is 22.5. The average molecular weight is 525 g/mol. The molecule has 2 aromatic heterocycles. The highest BCUT2D eigenvalue weighted by Crippen LogP contribution is 2.32. The van der Waals surface area contributed by atoms with Crippen molar-refractivity contribution in [3.63, 3.8) is 0 Å². The van der Waals surface area contributed by atoms with Crippen molar-refractivity contribution < 1.29 is 14.3 Å². The van der Waals surface area contributed by atoms with Gasteiger partial charge in [0.05, 0.1) is 12.3 Å². The third-order valence-corrected chi connectivity index (χ3v) is 7.54.